The van der Waals surface area contributed by atoms with Crippen LogP contribution in [0.1, 0.15) is 12.8 Å². The van der Waals surface area contributed by atoms with Gasteiger partial charge in [-0.25, -0.2) is 4.39 Å². The molecule has 2 N–H and O–H groups in total. The van der Waals surface area contributed by atoms with Crippen molar-refractivity contribution in [2.75, 3.05) is 18.0 Å². The Hall–Kier alpha value is -1.69. The first-order chi connectivity index (χ1) is 8.08. The minimum Gasteiger partial charge on any atom is -0.364 e. The van der Waals surface area contributed by atoms with Gasteiger partial charge in [0, 0.05) is 31.3 Å². The zero-order valence-corrected chi connectivity index (χ0v) is 9.30. The molecule has 2 rings (SSSR count). The van der Waals surface area contributed by atoms with Gasteiger partial charge in [0.25, 0.3) is 5.69 Å². The Morgan fingerprint density at radius 1 is 1.53 bits per heavy atom. The number of rotatable bonds is 2. The number of piperidine rings is 1. The highest BCUT2D eigenvalue weighted by Gasteiger charge is 2.24. The Kier molecular flexibility index (Phi) is 3.23. The minimum atomic E-state index is -0.491. The van der Waals surface area contributed by atoms with Crippen molar-refractivity contribution < 1.29 is 9.31 Å². The Morgan fingerprint density at radius 3 is 2.94 bits per heavy atom. The van der Waals surface area contributed by atoms with E-state index in [1.54, 1.807) is 4.90 Å². The summed E-state index contributed by atoms with van der Waals surface area (Å²) in [5, 5.41) is 10.9. The van der Waals surface area contributed by atoms with Crippen LogP contribution in [0.2, 0.25) is 0 Å². The van der Waals surface area contributed by atoms with Gasteiger partial charge >= 0.3 is 0 Å². The molecule has 17 heavy (non-hydrogen) atoms. The summed E-state index contributed by atoms with van der Waals surface area (Å²) in [6.45, 7) is 1.21. The molecule has 1 aromatic carbocycles. The van der Waals surface area contributed by atoms with Gasteiger partial charge in [0.05, 0.1) is 4.92 Å². The number of hydrogen-bond acceptors (Lipinski definition) is 4. The second-order valence-corrected chi connectivity index (χ2v) is 4.24. The summed E-state index contributed by atoms with van der Waals surface area (Å²) in [7, 11) is 0. The van der Waals surface area contributed by atoms with Crippen LogP contribution in [0.5, 0.6) is 0 Å². The molecule has 1 aliphatic heterocycles. The molecule has 1 aromatic rings. The molecular formula is C11H14FN3O2. The smallest absolute Gasteiger partial charge is 0.292 e. The van der Waals surface area contributed by atoms with E-state index in [1.807, 2.05) is 0 Å². The number of nitrogens with two attached hydrogens (primary N) is 1. The number of hydrogen-bond donors (Lipinski definition) is 1. The lowest BCUT2D eigenvalue weighted by Gasteiger charge is -2.32. The van der Waals surface area contributed by atoms with Crippen molar-refractivity contribution in [2.45, 2.75) is 18.9 Å². The maximum Gasteiger partial charge on any atom is 0.292 e. The van der Waals surface area contributed by atoms with Crippen molar-refractivity contribution >= 4 is 11.4 Å². The topological polar surface area (TPSA) is 72.4 Å². The first-order valence-electron chi connectivity index (χ1n) is 5.52. The van der Waals surface area contributed by atoms with Gasteiger partial charge in [-0.1, -0.05) is 0 Å². The predicted molar refractivity (Wildman–Crippen MR) is 62.5 cm³/mol. The van der Waals surface area contributed by atoms with Crippen molar-refractivity contribution in [1.29, 1.82) is 0 Å². The molecule has 1 atom stereocenters. The first-order valence-corrected chi connectivity index (χ1v) is 5.52. The second kappa shape index (κ2) is 4.67. The van der Waals surface area contributed by atoms with Crippen molar-refractivity contribution in [3.63, 3.8) is 0 Å². The molecule has 0 saturated carbocycles. The number of nitrogens with zero attached hydrogens (tertiary/aromatic N) is 2. The molecule has 5 nitrogen and oxygen atoms in total. The predicted octanol–water partition coefficient (Wildman–Crippen LogP) is 1.66. The Balaban J connectivity index is 2.35. The lowest BCUT2D eigenvalue weighted by Crippen LogP contribution is -2.43. The number of nitro groups is 1. The summed E-state index contributed by atoms with van der Waals surface area (Å²) in [4.78, 5) is 12.2. The molecule has 1 fully saturated rings. The molecule has 1 heterocycles. The molecule has 0 radical (unpaired) electrons. The van der Waals surface area contributed by atoms with Crippen molar-refractivity contribution in [3.8, 4) is 0 Å². The largest absolute Gasteiger partial charge is 0.364 e. The second-order valence-electron chi connectivity index (χ2n) is 4.24. The number of nitro benzene ring substituents is 1. The van der Waals surface area contributed by atoms with E-state index in [0.717, 1.165) is 18.9 Å². The Labute approximate surface area is 98.2 Å². The monoisotopic (exact) mass is 239 g/mol. The average molecular weight is 239 g/mol. The van der Waals surface area contributed by atoms with Crippen molar-refractivity contribution in [3.05, 3.63) is 34.1 Å². The quantitative estimate of drug-likeness (QED) is 0.629. The normalized spacial score (nSPS) is 20.4. The zero-order valence-electron chi connectivity index (χ0n) is 9.30. The van der Waals surface area contributed by atoms with Crippen LogP contribution in [0.25, 0.3) is 0 Å². The number of halogens is 1. The molecule has 6 heteroatoms. The van der Waals surface area contributed by atoms with Gasteiger partial charge in [0.15, 0.2) is 0 Å². The van der Waals surface area contributed by atoms with E-state index in [4.69, 9.17) is 5.73 Å². The minimum absolute atomic E-state index is 0.00776. The van der Waals surface area contributed by atoms with Crippen molar-refractivity contribution in [1.82, 2.24) is 0 Å². The van der Waals surface area contributed by atoms with Gasteiger partial charge in [-0.3, -0.25) is 10.1 Å². The van der Waals surface area contributed by atoms with Gasteiger partial charge in [-0.15, -0.1) is 0 Å². The van der Waals surface area contributed by atoms with E-state index in [0.29, 0.717) is 18.8 Å². The first kappa shape index (κ1) is 11.8. The maximum atomic E-state index is 13.2. The maximum absolute atomic E-state index is 13.2. The summed E-state index contributed by atoms with van der Waals surface area (Å²) in [5.41, 5.74) is 6.08. The van der Waals surface area contributed by atoms with Crippen LogP contribution in [0.4, 0.5) is 15.8 Å². The van der Waals surface area contributed by atoms with Crippen LogP contribution in [0.15, 0.2) is 18.2 Å². The van der Waals surface area contributed by atoms with Gasteiger partial charge in [0.1, 0.15) is 11.5 Å². The molecule has 0 unspecified atom stereocenters. The summed E-state index contributed by atoms with van der Waals surface area (Å²) >= 11 is 0. The van der Waals surface area contributed by atoms with Crippen molar-refractivity contribution in [2.24, 2.45) is 5.73 Å². The van der Waals surface area contributed by atoms with Gasteiger partial charge < -0.3 is 10.6 Å². The molecule has 0 aliphatic carbocycles. The van der Waals surface area contributed by atoms with E-state index in [-0.39, 0.29) is 11.7 Å². The molecular weight excluding hydrogens is 225 g/mol. The van der Waals surface area contributed by atoms with E-state index in [2.05, 4.69) is 0 Å². The number of anilines is 1. The summed E-state index contributed by atoms with van der Waals surface area (Å²) in [6, 6.07) is 3.50. The molecule has 0 bridgehead atoms. The molecule has 1 aliphatic rings. The Bertz CT molecular complexity index is 439. The molecule has 1 saturated heterocycles. The fraction of sp³-hybridized carbons (Fsp3) is 0.455. The van der Waals surface area contributed by atoms with Crippen LogP contribution in [0, 0.1) is 15.9 Å². The molecule has 0 spiro atoms. The Morgan fingerprint density at radius 2 is 2.29 bits per heavy atom. The standard InChI is InChI=1S/C11H14FN3O2/c12-8-3-4-10(15(16)17)11(6-8)14-5-1-2-9(13)7-14/h3-4,6,9H,1-2,5,7,13H2/t9-/m1/s1. The van der Waals surface area contributed by atoms with E-state index < -0.39 is 10.7 Å². The summed E-state index contributed by atoms with van der Waals surface area (Å²) in [5.74, 6) is -0.468. The van der Waals surface area contributed by atoms with Crippen LogP contribution in [-0.2, 0) is 0 Å². The third kappa shape index (κ3) is 2.52. The average Bonchev–Trinajstić information content (AvgIpc) is 2.28. The zero-order chi connectivity index (χ0) is 12.4. The highest BCUT2D eigenvalue weighted by atomic mass is 19.1. The lowest BCUT2D eigenvalue weighted by atomic mass is 10.1. The third-order valence-electron chi connectivity index (χ3n) is 2.93. The summed E-state index contributed by atoms with van der Waals surface area (Å²) in [6.07, 6.45) is 1.77. The summed E-state index contributed by atoms with van der Waals surface area (Å²) < 4.78 is 13.2. The van der Waals surface area contributed by atoms with E-state index >= 15 is 0 Å². The van der Waals surface area contributed by atoms with E-state index in [9.17, 15) is 14.5 Å². The molecule has 0 amide bonds. The van der Waals surface area contributed by atoms with E-state index in [1.165, 1.54) is 12.1 Å². The third-order valence-corrected chi connectivity index (χ3v) is 2.93. The highest BCUT2D eigenvalue weighted by Crippen LogP contribution is 2.30. The fourth-order valence-electron chi connectivity index (χ4n) is 2.13. The fourth-order valence-corrected chi connectivity index (χ4v) is 2.13. The molecule has 0 aromatic heterocycles. The van der Waals surface area contributed by atoms with Crippen LogP contribution >= 0.6 is 0 Å². The SMILES string of the molecule is N[C@@H]1CCCN(c2cc(F)ccc2[N+](=O)[O-])C1. The van der Waals surface area contributed by atoms with Gasteiger partial charge in [-0.05, 0) is 18.9 Å². The molecule has 92 valence electrons. The highest BCUT2D eigenvalue weighted by molar-refractivity contribution is 5.63. The van der Waals surface area contributed by atoms with Crippen LogP contribution in [-0.4, -0.2) is 24.1 Å². The lowest BCUT2D eigenvalue weighted by molar-refractivity contribution is -0.384. The van der Waals surface area contributed by atoms with Crippen LogP contribution in [0.3, 0.4) is 0 Å². The van der Waals surface area contributed by atoms with Crippen LogP contribution < -0.4 is 10.6 Å². The van der Waals surface area contributed by atoms with Gasteiger partial charge in [0.2, 0.25) is 0 Å². The number of benzene rings is 1. The van der Waals surface area contributed by atoms with Gasteiger partial charge in [-0.2, -0.15) is 0 Å².